The van der Waals surface area contributed by atoms with E-state index >= 15 is 0 Å². The van der Waals surface area contributed by atoms with Gasteiger partial charge in [0, 0.05) is 19.2 Å². The summed E-state index contributed by atoms with van der Waals surface area (Å²) in [5, 5.41) is 0. The van der Waals surface area contributed by atoms with Crippen LogP contribution in [0.1, 0.15) is 35.6 Å². The third-order valence-electron chi connectivity index (χ3n) is 5.36. The first-order chi connectivity index (χ1) is 12.6. The summed E-state index contributed by atoms with van der Waals surface area (Å²) in [5.41, 5.74) is 9.37. The van der Waals surface area contributed by atoms with Gasteiger partial charge in [-0.15, -0.1) is 0 Å². The van der Waals surface area contributed by atoms with Gasteiger partial charge >= 0.3 is 0 Å². The monoisotopic (exact) mass is 354 g/mol. The van der Waals surface area contributed by atoms with Crippen LogP contribution in [0.2, 0.25) is 0 Å². The third kappa shape index (κ3) is 3.13. The number of carbonyl (C=O) groups excluding carboxylic acids is 1. The van der Waals surface area contributed by atoms with Crippen molar-refractivity contribution >= 4 is 5.91 Å². The standard InChI is InChI=1S/C21H23FN2O2/c22-16-9-7-15(8-10-16)19-17-5-2-1-4-14(17)11-12-24(19)21(25)20-18(23)6-3-13-26-20/h1-2,4-5,7-10,18-20H,3,6,11-13,23H2/t18-,19+,20-/m1/s1. The molecule has 1 fully saturated rings. The van der Waals surface area contributed by atoms with Gasteiger partial charge in [0.2, 0.25) is 0 Å². The van der Waals surface area contributed by atoms with E-state index in [1.54, 1.807) is 12.1 Å². The molecule has 3 atom stereocenters. The molecule has 0 spiro atoms. The molecule has 0 saturated carbocycles. The van der Waals surface area contributed by atoms with E-state index in [-0.39, 0.29) is 23.8 Å². The Bertz CT molecular complexity index is 793. The van der Waals surface area contributed by atoms with Crippen LogP contribution in [0.5, 0.6) is 0 Å². The predicted molar refractivity (Wildman–Crippen MR) is 97.1 cm³/mol. The van der Waals surface area contributed by atoms with E-state index in [0.29, 0.717) is 13.2 Å². The average Bonchev–Trinajstić information content (AvgIpc) is 2.68. The Hall–Kier alpha value is -2.24. The largest absolute Gasteiger partial charge is 0.367 e. The lowest BCUT2D eigenvalue weighted by Crippen LogP contribution is -2.54. The van der Waals surface area contributed by atoms with Gasteiger partial charge in [-0.05, 0) is 48.1 Å². The summed E-state index contributed by atoms with van der Waals surface area (Å²) in [5.74, 6) is -0.352. The Morgan fingerprint density at radius 1 is 1.15 bits per heavy atom. The van der Waals surface area contributed by atoms with E-state index in [9.17, 15) is 9.18 Å². The highest BCUT2D eigenvalue weighted by Crippen LogP contribution is 2.36. The number of nitrogens with zero attached hydrogens (tertiary/aromatic N) is 1. The molecule has 4 rings (SSSR count). The molecule has 0 aromatic heterocycles. The zero-order valence-electron chi connectivity index (χ0n) is 14.6. The summed E-state index contributed by atoms with van der Waals surface area (Å²) in [6.45, 7) is 1.17. The van der Waals surface area contributed by atoms with Crippen LogP contribution in [0.4, 0.5) is 4.39 Å². The Kier molecular flexibility index (Phi) is 4.74. The van der Waals surface area contributed by atoms with Gasteiger partial charge in [-0.25, -0.2) is 4.39 Å². The van der Waals surface area contributed by atoms with Crippen LogP contribution < -0.4 is 5.73 Å². The first-order valence-electron chi connectivity index (χ1n) is 9.16. The molecule has 2 aliphatic rings. The number of carbonyl (C=O) groups is 1. The van der Waals surface area contributed by atoms with Crippen molar-refractivity contribution in [2.24, 2.45) is 5.73 Å². The molecule has 4 nitrogen and oxygen atoms in total. The van der Waals surface area contributed by atoms with Crippen molar-refractivity contribution in [1.82, 2.24) is 4.90 Å². The molecule has 0 aliphatic carbocycles. The topological polar surface area (TPSA) is 55.6 Å². The van der Waals surface area contributed by atoms with E-state index in [4.69, 9.17) is 10.5 Å². The summed E-state index contributed by atoms with van der Waals surface area (Å²) >= 11 is 0. The SMILES string of the molecule is N[C@@H]1CCCO[C@H]1C(=O)N1CCc2ccccc2[C@@H]1c1ccc(F)cc1. The maximum absolute atomic E-state index is 13.4. The van der Waals surface area contributed by atoms with Crippen LogP contribution in [0.25, 0.3) is 0 Å². The minimum Gasteiger partial charge on any atom is -0.367 e. The molecule has 0 bridgehead atoms. The number of halogens is 1. The highest BCUT2D eigenvalue weighted by Gasteiger charge is 2.38. The Labute approximate surface area is 152 Å². The predicted octanol–water partition coefficient (Wildman–Crippen LogP) is 2.81. The second kappa shape index (κ2) is 7.17. The first kappa shape index (κ1) is 17.2. The van der Waals surface area contributed by atoms with E-state index < -0.39 is 6.10 Å². The number of amides is 1. The molecule has 0 radical (unpaired) electrons. The van der Waals surface area contributed by atoms with Crippen LogP contribution in [0.3, 0.4) is 0 Å². The fraction of sp³-hybridized carbons (Fsp3) is 0.381. The molecule has 2 aliphatic heterocycles. The fourth-order valence-electron chi connectivity index (χ4n) is 4.03. The second-order valence-electron chi connectivity index (χ2n) is 7.03. The molecule has 2 aromatic carbocycles. The minimum absolute atomic E-state index is 0.0685. The smallest absolute Gasteiger partial charge is 0.254 e. The molecule has 0 unspecified atom stereocenters. The molecule has 26 heavy (non-hydrogen) atoms. The number of ether oxygens (including phenoxy) is 1. The van der Waals surface area contributed by atoms with Crippen LogP contribution in [-0.4, -0.2) is 36.1 Å². The molecule has 2 aromatic rings. The van der Waals surface area contributed by atoms with Crippen molar-refractivity contribution in [2.75, 3.05) is 13.2 Å². The van der Waals surface area contributed by atoms with E-state index in [1.807, 2.05) is 23.1 Å². The highest BCUT2D eigenvalue weighted by molar-refractivity contribution is 5.83. The number of hydrogen-bond donors (Lipinski definition) is 1. The molecule has 5 heteroatoms. The van der Waals surface area contributed by atoms with Crippen LogP contribution in [0, 0.1) is 5.82 Å². The number of rotatable bonds is 2. The maximum atomic E-state index is 13.4. The van der Waals surface area contributed by atoms with Gasteiger partial charge in [0.25, 0.3) is 5.91 Å². The Morgan fingerprint density at radius 3 is 2.69 bits per heavy atom. The van der Waals surface area contributed by atoms with E-state index in [2.05, 4.69) is 6.07 Å². The lowest BCUT2D eigenvalue weighted by molar-refractivity contribution is -0.150. The summed E-state index contributed by atoms with van der Waals surface area (Å²) in [4.78, 5) is 15.1. The lowest BCUT2D eigenvalue weighted by Gasteiger charge is -2.41. The number of hydrogen-bond acceptors (Lipinski definition) is 3. The quantitative estimate of drug-likeness (QED) is 0.902. The number of fused-ring (bicyclic) bond motifs is 1. The van der Waals surface area contributed by atoms with Gasteiger partial charge in [-0.3, -0.25) is 4.79 Å². The summed E-state index contributed by atoms with van der Waals surface area (Å²) in [6, 6.07) is 14.0. The zero-order chi connectivity index (χ0) is 18.1. The van der Waals surface area contributed by atoms with Crippen molar-refractivity contribution in [2.45, 2.75) is 37.5 Å². The van der Waals surface area contributed by atoms with Gasteiger partial charge in [-0.2, -0.15) is 0 Å². The van der Waals surface area contributed by atoms with Gasteiger partial charge < -0.3 is 15.4 Å². The van der Waals surface area contributed by atoms with Gasteiger partial charge in [0.1, 0.15) is 5.82 Å². The lowest BCUT2D eigenvalue weighted by atomic mass is 9.87. The van der Waals surface area contributed by atoms with E-state index in [1.165, 1.54) is 17.7 Å². The Morgan fingerprint density at radius 2 is 1.92 bits per heavy atom. The van der Waals surface area contributed by atoms with Gasteiger partial charge in [-0.1, -0.05) is 36.4 Å². The van der Waals surface area contributed by atoms with E-state index in [0.717, 1.165) is 30.4 Å². The molecular formula is C21H23FN2O2. The first-order valence-corrected chi connectivity index (χ1v) is 9.16. The molecule has 2 N–H and O–H groups in total. The summed E-state index contributed by atoms with van der Waals surface area (Å²) in [6.07, 6.45) is 1.87. The minimum atomic E-state index is -0.600. The second-order valence-corrected chi connectivity index (χ2v) is 7.03. The zero-order valence-corrected chi connectivity index (χ0v) is 14.6. The van der Waals surface area contributed by atoms with Crippen LogP contribution in [0.15, 0.2) is 48.5 Å². The molecule has 2 heterocycles. The maximum Gasteiger partial charge on any atom is 0.254 e. The highest BCUT2D eigenvalue weighted by atomic mass is 19.1. The van der Waals surface area contributed by atoms with Crippen LogP contribution >= 0.6 is 0 Å². The van der Waals surface area contributed by atoms with Crippen molar-refractivity contribution in [3.63, 3.8) is 0 Å². The third-order valence-corrected chi connectivity index (χ3v) is 5.36. The fourth-order valence-corrected chi connectivity index (χ4v) is 4.03. The molecule has 1 saturated heterocycles. The van der Waals surface area contributed by atoms with Crippen molar-refractivity contribution in [3.8, 4) is 0 Å². The number of benzene rings is 2. The van der Waals surface area contributed by atoms with Gasteiger partial charge in [0.15, 0.2) is 6.10 Å². The summed E-state index contributed by atoms with van der Waals surface area (Å²) in [7, 11) is 0. The van der Waals surface area contributed by atoms with Gasteiger partial charge in [0.05, 0.1) is 6.04 Å². The summed E-state index contributed by atoms with van der Waals surface area (Å²) < 4.78 is 19.2. The van der Waals surface area contributed by atoms with Crippen molar-refractivity contribution in [1.29, 1.82) is 0 Å². The van der Waals surface area contributed by atoms with Crippen molar-refractivity contribution < 1.29 is 13.9 Å². The Balaban J connectivity index is 1.73. The number of nitrogens with two attached hydrogens (primary N) is 1. The van der Waals surface area contributed by atoms with Crippen molar-refractivity contribution in [3.05, 3.63) is 71.0 Å². The average molecular weight is 354 g/mol. The molecular weight excluding hydrogens is 331 g/mol. The van der Waals surface area contributed by atoms with Crippen LogP contribution in [-0.2, 0) is 16.0 Å². The molecule has 1 amide bonds. The molecule has 136 valence electrons. The normalized spacial score (nSPS) is 25.6.